The van der Waals surface area contributed by atoms with Gasteiger partial charge in [-0.15, -0.1) is 0 Å². The van der Waals surface area contributed by atoms with Crippen LogP contribution < -0.4 is 10.6 Å². The summed E-state index contributed by atoms with van der Waals surface area (Å²) in [4.78, 5) is 2.44. The second kappa shape index (κ2) is 6.03. The van der Waals surface area contributed by atoms with Gasteiger partial charge in [0, 0.05) is 25.3 Å². The fourth-order valence-corrected chi connectivity index (χ4v) is 2.37. The zero-order valence-corrected chi connectivity index (χ0v) is 10.3. The van der Waals surface area contributed by atoms with E-state index < -0.39 is 6.10 Å². The maximum atomic E-state index is 9.64. The minimum absolute atomic E-state index is 0.281. The lowest BCUT2D eigenvalue weighted by molar-refractivity contribution is 0.187. The SMILES string of the molecule is NCC(O)c1ccc(N2CCCCCC2)cc1. The standard InChI is InChI=1S/C14H22N2O/c15-11-14(17)12-5-7-13(8-6-12)16-9-3-1-2-4-10-16/h5-8,14,17H,1-4,9-11,15H2. The third kappa shape index (κ3) is 3.20. The number of nitrogens with two attached hydrogens (primary N) is 1. The number of nitrogens with zero attached hydrogens (tertiary/aromatic N) is 1. The van der Waals surface area contributed by atoms with E-state index in [1.165, 1.54) is 31.4 Å². The van der Waals surface area contributed by atoms with Gasteiger partial charge in [-0.2, -0.15) is 0 Å². The molecule has 1 aliphatic heterocycles. The minimum Gasteiger partial charge on any atom is -0.387 e. The molecule has 1 atom stereocenters. The number of hydrogen-bond donors (Lipinski definition) is 2. The van der Waals surface area contributed by atoms with E-state index in [2.05, 4.69) is 17.0 Å². The lowest BCUT2D eigenvalue weighted by Crippen LogP contribution is -2.23. The van der Waals surface area contributed by atoms with Gasteiger partial charge in [0.15, 0.2) is 0 Å². The molecule has 0 radical (unpaired) electrons. The summed E-state index contributed by atoms with van der Waals surface area (Å²) in [6, 6.07) is 8.16. The fourth-order valence-electron chi connectivity index (χ4n) is 2.37. The van der Waals surface area contributed by atoms with E-state index in [0.29, 0.717) is 0 Å². The molecule has 0 amide bonds. The van der Waals surface area contributed by atoms with Crippen LogP contribution in [0.1, 0.15) is 37.4 Å². The van der Waals surface area contributed by atoms with Crippen LogP contribution in [0.15, 0.2) is 24.3 Å². The number of hydrogen-bond acceptors (Lipinski definition) is 3. The molecule has 3 nitrogen and oxygen atoms in total. The molecule has 3 heteroatoms. The number of rotatable bonds is 3. The molecule has 2 rings (SSSR count). The van der Waals surface area contributed by atoms with Gasteiger partial charge < -0.3 is 15.7 Å². The van der Waals surface area contributed by atoms with Crippen molar-refractivity contribution in [1.29, 1.82) is 0 Å². The number of aliphatic hydroxyl groups is 1. The van der Waals surface area contributed by atoms with E-state index in [1.54, 1.807) is 0 Å². The normalized spacial score (nSPS) is 18.8. The fraction of sp³-hybridized carbons (Fsp3) is 0.571. The molecule has 3 N–H and O–H groups in total. The van der Waals surface area contributed by atoms with Gasteiger partial charge in [0.25, 0.3) is 0 Å². The molecule has 0 bridgehead atoms. The van der Waals surface area contributed by atoms with Gasteiger partial charge in [-0.1, -0.05) is 25.0 Å². The first-order chi connectivity index (χ1) is 8.31. The van der Waals surface area contributed by atoms with Crippen molar-refractivity contribution in [1.82, 2.24) is 0 Å². The lowest BCUT2D eigenvalue weighted by Gasteiger charge is -2.23. The van der Waals surface area contributed by atoms with Crippen LogP contribution in [0.3, 0.4) is 0 Å². The third-order valence-electron chi connectivity index (χ3n) is 3.47. The van der Waals surface area contributed by atoms with E-state index >= 15 is 0 Å². The van der Waals surface area contributed by atoms with Crippen molar-refractivity contribution in [3.8, 4) is 0 Å². The second-order valence-electron chi connectivity index (χ2n) is 4.74. The van der Waals surface area contributed by atoms with Crippen molar-refractivity contribution in [2.75, 3.05) is 24.5 Å². The minimum atomic E-state index is -0.534. The first kappa shape index (κ1) is 12.4. The average molecular weight is 234 g/mol. The van der Waals surface area contributed by atoms with Gasteiger partial charge >= 0.3 is 0 Å². The highest BCUT2D eigenvalue weighted by atomic mass is 16.3. The Labute approximate surface area is 103 Å². The molecule has 0 spiro atoms. The quantitative estimate of drug-likeness (QED) is 0.841. The Hall–Kier alpha value is -1.06. The Morgan fingerprint density at radius 3 is 2.18 bits per heavy atom. The van der Waals surface area contributed by atoms with Crippen molar-refractivity contribution in [3.05, 3.63) is 29.8 Å². The van der Waals surface area contributed by atoms with Crippen molar-refractivity contribution in [2.24, 2.45) is 5.73 Å². The van der Waals surface area contributed by atoms with Crippen LogP contribution in [-0.2, 0) is 0 Å². The molecular formula is C14H22N2O. The maximum absolute atomic E-state index is 9.64. The van der Waals surface area contributed by atoms with Crippen molar-refractivity contribution < 1.29 is 5.11 Å². The van der Waals surface area contributed by atoms with E-state index in [1.807, 2.05) is 12.1 Å². The van der Waals surface area contributed by atoms with Crippen molar-refractivity contribution in [3.63, 3.8) is 0 Å². The number of benzene rings is 1. The summed E-state index contributed by atoms with van der Waals surface area (Å²) in [6.45, 7) is 2.58. The van der Waals surface area contributed by atoms with Crippen LogP contribution in [-0.4, -0.2) is 24.7 Å². The van der Waals surface area contributed by atoms with E-state index in [4.69, 9.17) is 5.73 Å². The van der Waals surface area contributed by atoms with Gasteiger partial charge in [-0.05, 0) is 30.5 Å². The van der Waals surface area contributed by atoms with Crippen LogP contribution in [0.25, 0.3) is 0 Å². The number of aliphatic hydroxyl groups excluding tert-OH is 1. The topological polar surface area (TPSA) is 49.5 Å². The molecule has 0 aliphatic carbocycles. The molecular weight excluding hydrogens is 212 g/mol. The molecule has 1 saturated heterocycles. The first-order valence-electron chi connectivity index (χ1n) is 6.54. The maximum Gasteiger partial charge on any atom is 0.0912 e. The van der Waals surface area contributed by atoms with E-state index in [9.17, 15) is 5.11 Å². The van der Waals surface area contributed by atoms with Crippen LogP contribution in [0.4, 0.5) is 5.69 Å². The zero-order chi connectivity index (χ0) is 12.1. The van der Waals surface area contributed by atoms with Crippen LogP contribution in [0.5, 0.6) is 0 Å². The molecule has 0 aromatic heterocycles. The molecule has 94 valence electrons. The highest BCUT2D eigenvalue weighted by molar-refractivity contribution is 5.48. The predicted molar refractivity (Wildman–Crippen MR) is 71.1 cm³/mol. The van der Waals surface area contributed by atoms with E-state index in [0.717, 1.165) is 18.7 Å². The van der Waals surface area contributed by atoms with Crippen LogP contribution in [0, 0.1) is 0 Å². The Bertz CT molecular complexity index is 329. The third-order valence-corrected chi connectivity index (χ3v) is 3.47. The summed E-state index contributed by atoms with van der Waals surface area (Å²) in [5.41, 5.74) is 7.62. The largest absolute Gasteiger partial charge is 0.387 e. The Morgan fingerprint density at radius 2 is 1.65 bits per heavy atom. The van der Waals surface area contributed by atoms with Gasteiger partial charge in [-0.25, -0.2) is 0 Å². The molecule has 17 heavy (non-hydrogen) atoms. The Morgan fingerprint density at radius 1 is 1.06 bits per heavy atom. The average Bonchev–Trinajstić information content (AvgIpc) is 2.67. The summed E-state index contributed by atoms with van der Waals surface area (Å²) in [6.07, 6.45) is 4.73. The Kier molecular flexibility index (Phi) is 4.40. The molecule has 1 heterocycles. The lowest BCUT2D eigenvalue weighted by atomic mass is 10.1. The summed E-state index contributed by atoms with van der Waals surface area (Å²) in [7, 11) is 0. The monoisotopic (exact) mass is 234 g/mol. The molecule has 0 saturated carbocycles. The van der Waals surface area contributed by atoms with Crippen molar-refractivity contribution in [2.45, 2.75) is 31.8 Å². The predicted octanol–water partition coefficient (Wildman–Crippen LogP) is 2.06. The molecule has 1 fully saturated rings. The second-order valence-corrected chi connectivity index (χ2v) is 4.74. The van der Waals surface area contributed by atoms with Gasteiger partial charge in [0.2, 0.25) is 0 Å². The Balaban J connectivity index is 2.05. The summed E-state index contributed by atoms with van der Waals surface area (Å²) < 4.78 is 0. The van der Waals surface area contributed by atoms with Crippen LogP contribution >= 0.6 is 0 Å². The summed E-state index contributed by atoms with van der Waals surface area (Å²) in [5.74, 6) is 0. The summed E-state index contributed by atoms with van der Waals surface area (Å²) >= 11 is 0. The molecule has 1 aromatic rings. The van der Waals surface area contributed by atoms with E-state index in [-0.39, 0.29) is 6.54 Å². The van der Waals surface area contributed by atoms with Crippen molar-refractivity contribution >= 4 is 5.69 Å². The number of anilines is 1. The molecule has 1 aliphatic rings. The highest BCUT2D eigenvalue weighted by Gasteiger charge is 2.10. The summed E-state index contributed by atoms with van der Waals surface area (Å²) in [5, 5.41) is 9.64. The zero-order valence-electron chi connectivity index (χ0n) is 10.3. The van der Waals surface area contributed by atoms with Crippen LogP contribution in [0.2, 0.25) is 0 Å². The highest BCUT2D eigenvalue weighted by Crippen LogP contribution is 2.21. The first-order valence-corrected chi connectivity index (χ1v) is 6.54. The van der Waals surface area contributed by atoms with Gasteiger partial charge in [0.1, 0.15) is 0 Å². The smallest absolute Gasteiger partial charge is 0.0912 e. The molecule has 1 aromatic carbocycles. The van der Waals surface area contributed by atoms with Gasteiger partial charge in [-0.3, -0.25) is 0 Å². The molecule has 1 unspecified atom stereocenters. The van der Waals surface area contributed by atoms with Gasteiger partial charge in [0.05, 0.1) is 6.10 Å².